The highest BCUT2D eigenvalue weighted by Gasteiger charge is 2.11. The van der Waals surface area contributed by atoms with E-state index >= 15 is 0 Å². The molecule has 1 heterocycles. The summed E-state index contributed by atoms with van der Waals surface area (Å²) in [4.78, 5) is 13.4. The van der Waals surface area contributed by atoms with Crippen LogP contribution in [0.15, 0.2) is 18.2 Å². The van der Waals surface area contributed by atoms with Gasteiger partial charge in [-0.2, -0.15) is 0 Å². The Morgan fingerprint density at radius 2 is 2.11 bits per heavy atom. The summed E-state index contributed by atoms with van der Waals surface area (Å²) in [6.45, 7) is 4.10. The molecular weight excluding hydrogens is 357 g/mol. The molecule has 0 unspecified atom stereocenters. The predicted octanol–water partition coefficient (Wildman–Crippen LogP) is 2.85. The normalized spacial score (nSPS) is 15.6. The van der Waals surface area contributed by atoms with Crippen molar-refractivity contribution in [2.24, 2.45) is 0 Å². The van der Waals surface area contributed by atoms with Crippen molar-refractivity contribution < 1.29 is 14.6 Å². The highest BCUT2D eigenvalue weighted by molar-refractivity contribution is 14.1. The zero-order valence-corrected chi connectivity index (χ0v) is 12.9. The third kappa shape index (κ3) is 4.35. The van der Waals surface area contributed by atoms with Crippen LogP contribution in [-0.4, -0.2) is 42.2 Å². The van der Waals surface area contributed by atoms with E-state index < -0.39 is 5.97 Å². The van der Waals surface area contributed by atoms with E-state index in [1.807, 2.05) is 0 Å². The number of ether oxygens (including phenoxy) is 1. The fourth-order valence-electron chi connectivity index (χ4n) is 2.22. The number of benzene rings is 1. The molecule has 0 aliphatic carbocycles. The number of hydrogen-bond donors (Lipinski definition) is 1. The van der Waals surface area contributed by atoms with Crippen LogP contribution >= 0.6 is 22.6 Å². The number of carboxylic acid groups (broad SMARTS) is 1. The number of carbonyl (C=O) groups is 1. The standard InChI is InChI=1S/C14H18INO3/c15-12-5-4-11(14(17)18)10-13(12)19-9-3-8-16-6-1-2-7-16/h4-5,10H,1-3,6-9H2,(H,17,18). The molecule has 1 aromatic carbocycles. The van der Waals surface area contributed by atoms with E-state index in [9.17, 15) is 4.79 Å². The molecule has 0 aromatic heterocycles. The van der Waals surface area contributed by atoms with Crippen LogP contribution in [0.2, 0.25) is 0 Å². The Morgan fingerprint density at radius 1 is 1.37 bits per heavy atom. The maximum Gasteiger partial charge on any atom is 0.335 e. The molecule has 0 atom stereocenters. The Labute approximate surface area is 126 Å². The van der Waals surface area contributed by atoms with Gasteiger partial charge in [0.2, 0.25) is 0 Å². The first-order chi connectivity index (χ1) is 9.16. The van der Waals surface area contributed by atoms with Crippen LogP contribution in [0, 0.1) is 3.57 Å². The second kappa shape index (κ2) is 7.09. The molecule has 0 bridgehead atoms. The lowest BCUT2D eigenvalue weighted by Gasteiger charge is -2.15. The Hall–Kier alpha value is -0.820. The molecule has 0 amide bonds. The maximum absolute atomic E-state index is 10.9. The Bertz CT molecular complexity index is 444. The SMILES string of the molecule is O=C(O)c1ccc(I)c(OCCCN2CCCC2)c1. The lowest BCUT2D eigenvalue weighted by molar-refractivity contribution is 0.0696. The zero-order valence-electron chi connectivity index (χ0n) is 10.8. The van der Waals surface area contributed by atoms with Gasteiger partial charge in [-0.1, -0.05) is 0 Å². The molecule has 1 N–H and O–H groups in total. The first kappa shape index (κ1) is 14.6. The van der Waals surface area contributed by atoms with Crippen molar-refractivity contribution in [1.29, 1.82) is 0 Å². The number of rotatable bonds is 6. The van der Waals surface area contributed by atoms with Gasteiger partial charge in [-0.3, -0.25) is 0 Å². The monoisotopic (exact) mass is 375 g/mol. The second-order valence-corrected chi connectivity index (χ2v) is 5.86. The quantitative estimate of drug-likeness (QED) is 0.614. The van der Waals surface area contributed by atoms with Crippen molar-refractivity contribution in [3.05, 3.63) is 27.3 Å². The summed E-state index contributed by atoms with van der Waals surface area (Å²) < 4.78 is 6.64. The summed E-state index contributed by atoms with van der Waals surface area (Å²) in [6, 6.07) is 4.97. The average Bonchev–Trinajstić information content (AvgIpc) is 2.89. The van der Waals surface area contributed by atoms with E-state index in [0.29, 0.717) is 12.4 Å². The first-order valence-corrected chi connectivity index (χ1v) is 7.62. The predicted molar refractivity (Wildman–Crippen MR) is 81.9 cm³/mol. The molecule has 4 nitrogen and oxygen atoms in total. The molecule has 1 fully saturated rings. The molecule has 1 aliphatic rings. The van der Waals surface area contributed by atoms with Gasteiger partial charge in [-0.15, -0.1) is 0 Å². The lowest BCUT2D eigenvalue weighted by atomic mass is 10.2. The van der Waals surface area contributed by atoms with Gasteiger partial charge in [0.1, 0.15) is 5.75 Å². The lowest BCUT2D eigenvalue weighted by Crippen LogP contribution is -2.22. The third-order valence-corrected chi connectivity index (χ3v) is 4.14. The summed E-state index contributed by atoms with van der Waals surface area (Å²) >= 11 is 2.16. The van der Waals surface area contributed by atoms with Gasteiger partial charge in [0.05, 0.1) is 15.7 Å². The molecule has 19 heavy (non-hydrogen) atoms. The fraction of sp³-hybridized carbons (Fsp3) is 0.500. The molecule has 104 valence electrons. The van der Waals surface area contributed by atoms with E-state index in [-0.39, 0.29) is 5.56 Å². The van der Waals surface area contributed by atoms with E-state index in [1.165, 1.54) is 25.9 Å². The van der Waals surface area contributed by atoms with Crippen LogP contribution in [-0.2, 0) is 0 Å². The smallest absolute Gasteiger partial charge is 0.335 e. The van der Waals surface area contributed by atoms with E-state index in [2.05, 4.69) is 27.5 Å². The van der Waals surface area contributed by atoms with Crippen LogP contribution < -0.4 is 4.74 Å². The van der Waals surface area contributed by atoms with Gasteiger partial charge in [0, 0.05) is 6.54 Å². The van der Waals surface area contributed by atoms with Gasteiger partial charge in [-0.05, 0) is 73.1 Å². The van der Waals surface area contributed by atoms with Crippen molar-refractivity contribution in [1.82, 2.24) is 4.90 Å². The minimum atomic E-state index is -0.918. The van der Waals surface area contributed by atoms with Crippen LogP contribution in [0.3, 0.4) is 0 Å². The molecule has 5 heteroatoms. The number of likely N-dealkylation sites (tertiary alicyclic amines) is 1. The van der Waals surface area contributed by atoms with Crippen LogP contribution in [0.1, 0.15) is 29.6 Å². The van der Waals surface area contributed by atoms with Gasteiger partial charge in [0.25, 0.3) is 0 Å². The van der Waals surface area contributed by atoms with Gasteiger partial charge >= 0.3 is 5.97 Å². The molecule has 1 aliphatic heterocycles. The summed E-state index contributed by atoms with van der Waals surface area (Å²) in [5.74, 6) is -0.250. The zero-order chi connectivity index (χ0) is 13.7. The van der Waals surface area contributed by atoms with Crippen LogP contribution in [0.4, 0.5) is 0 Å². The molecular formula is C14H18INO3. The van der Waals surface area contributed by atoms with Gasteiger partial charge in [0.15, 0.2) is 0 Å². The van der Waals surface area contributed by atoms with Crippen molar-refractivity contribution in [3.8, 4) is 5.75 Å². The number of halogens is 1. The van der Waals surface area contributed by atoms with Crippen molar-refractivity contribution in [2.75, 3.05) is 26.2 Å². The summed E-state index contributed by atoms with van der Waals surface area (Å²) in [6.07, 6.45) is 3.59. The second-order valence-electron chi connectivity index (χ2n) is 4.70. The largest absolute Gasteiger partial charge is 0.492 e. The van der Waals surface area contributed by atoms with Crippen molar-refractivity contribution in [3.63, 3.8) is 0 Å². The molecule has 0 saturated carbocycles. The van der Waals surface area contributed by atoms with Crippen LogP contribution in [0.5, 0.6) is 5.75 Å². The van der Waals surface area contributed by atoms with E-state index in [1.54, 1.807) is 18.2 Å². The van der Waals surface area contributed by atoms with Gasteiger partial charge < -0.3 is 14.7 Å². The van der Waals surface area contributed by atoms with Crippen molar-refractivity contribution in [2.45, 2.75) is 19.3 Å². The summed E-state index contributed by atoms with van der Waals surface area (Å²) in [5, 5.41) is 8.95. The minimum Gasteiger partial charge on any atom is -0.492 e. The Balaban J connectivity index is 1.81. The minimum absolute atomic E-state index is 0.273. The number of carboxylic acids is 1. The molecule has 2 rings (SSSR count). The molecule has 1 aromatic rings. The van der Waals surface area contributed by atoms with Gasteiger partial charge in [-0.25, -0.2) is 4.79 Å². The van der Waals surface area contributed by atoms with E-state index in [4.69, 9.17) is 9.84 Å². The average molecular weight is 375 g/mol. The topological polar surface area (TPSA) is 49.8 Å². The number of nitrogens with zero attached hydrogens (tertiary/aromatic N) is 1. The third-order valence-electron chi connectivity index (χ3n) is 3.25. The Kier molecular flexibility index (Phi) is 5.45. The van der Waals surface area contributed by atoms with E-state index in [0.717, 1.165) is 16.5 Å². The van der Waals surface area contributed by atoms with Crippen LogP contribution in [0.25, 0.3) is 0 Å². The highest BCUT2D eigenvalue weighted by atomic mass is 127. The fourth-order valence-corrected chi connectivity index (χ4v) is 2.71. The van der Waals surface area contributed by atoms with Crippen molar-refractivity contribution >= 4 is 28.6 Å². The molecule has 0 spiro atoms. The highest BCUT2D eigenvalue weighted by Crippen LogP contribution is 2.22. The Morgan fingerprint density at radius 3 is 2.79 bits per heavy atom. The molecule has 0 radical (unpaired) electrons. The number of aromatic carboxylic acids is 1. The summed E-state index contributed by atoms with van der Waals surface area (Å²) in [7, 11) is 0. The number of hydrogen-bond acceptors (Lipinski definition) is 3. The molecule has 1 saturated heterocycles. The maximum atomic E-state index is 10.9. The summed E-state index contributed by atoms with van der Waals surface area (Å²) in [5.41, 5.74) is 0.273. The first-order valence-electron chi connectivity index (χ1n) is 6.55.